The van der Waals surface area contributed by atoms with Crippen molar-refractivity contribution in [1.82, 2.24) is 10.2 Å². The van der Waals surface area contributed by atoms with Crippen LogP contribution in [-0.2, 0) is 4.79 Å². The SMILES string of the molecule is CC(C)CCNC(=O)CCC1CCN(C(=O)c2ccccc2F)CC1. The normalized spacial score (nSPS) is 15.4. The summed E-state index contributed by atoms with van der Waals surface area (Å²) in [5.74, 6) is 0.471. The maximum absolute atomic E-state index is 13.7. The zero-order valence-corrected chi connectivity index (χ0v) is 15.3. The molecule has 0 radical (unpaired) electrons. The lowest BCUT2D eigenvalue weighted by molar-refractivity contribution is -0.121. The van der Waals surface area contributed by atoms with Crippen molar-refractivity contribution < 1.29 is 14.0 Å². The van der Waals surface area contributed by atoms with E-state index in [-0.39, 0.29) is 17.4 Å². The number of hydrogen-bond donors (Lipinski definition) is 1. The van der Waals surface area contributed by atoms with Gasteiger partial charge in [0.2, 0.25) is 5.91 Å². The van der Waals surface area contributed by atoms with Gasteiger partial charge in [-0.3, -0.25) is 9.59 Å². The third-order valence-corrected chi connectivity index (χ3v) is 4.83. The molecule has 1 aromatic carbocycles. The van der Waals surface area contributed by atoms with Crippen LogP contribution in [0.3, 0.4) is 0 Å². The molecule has 1 heterocycles. The van der Waals surface area contributed by atoms with Crippen LogP contribution in [0.25, 0.3) is 0 Å². The van der Waals surface area contributed by atoms with Gasteiger partial charge in [0.05, 0.1) is 5.56 Å². The molecule has 1 fully saturated rings. The fourth-order valence-electron chi connectivity index (χ4n) is 3.15. The Bertz CT molecular complexity index is 581. The molecule has 4 nitrogen and oxygen atoms in total. The number of amides is 2. The fraction of sp³-hybridized carbons (Fsp3) is 0.600. The zero-order chi connectivity index (χ0) is 18.2. The van der Waals surface area contributed by atoms with Crippen LogP contribution in [0.5, 0.6) is 0 Å². The van der Waals surface area contributed by atoms with Crippen molar-refractivity contribution in [3.63, 3.8) is 0 Å². The fourth-order valence-corrected chi connectivity index (χ4v) is 3.15. The van der Waals surface area contributed by atoms with Crippen molar-refractivity contribution in [3.8, 4) is 0 Å². The van der Waals surface area contributed by atoms with Crippen molar-refractivity contribution >= 4 is 11.8 Å². The van der Waals surface area contributed by atoms with E-state index in [4.69, 9.17) is 0 Å². The topological polar surface area (TPSA) is 49.4 Å². The number of benzene rings is 1. The van der Waals surface area contributed by atoms with Crippen LogP contribution in [0, 0.1) is 17.7 Å². The number of carbonyl (C=O) groups excluding carboxylic acids is 2. The molecule has 0 saturated carbocycles. The van der Waals surface area contributed by atoms with Gasteiger partial charge in [-0.15, -0.1) is 0 Å². The number of rotatable bonds is 7. The molecule has 1 saturated heterocycles. The van der Waals surface area contributed by atoms with Crippen LogP contribution >= 0.6 is 0 Å². The van der Waals surface area contributed by atoms with Crippen molar-refractivity contribution in [1.29, 1.82) is 0 Å². The van der Waals surface area contributed by atoms with Gasteiger partial charge >= 0.3 is 0 Å². The standard InChI is InChI=1S/C20H29FN2O2/c1-15(2)9-12-22-19(24)8-7-16-10-13-23(14-11-16)20(25)17-5-3-4-6-18(17)21/h3-6,15-16H,7-14H2,1-2H3,(H,22,24). The highest BCUT2D eigenvalue weighted by molar-refractivity contribution is 5.94. The van der Waals surface area contributed by atoms with Crippen LogP contribution in [-0.4, -0.2) is 36.3 Å². The first-order chi connectivity index (χ1) is 12.0. The number of carbonyl (C=O) groups is 2. The lowest BCUT2D eigenvalue weighted by Crippen LogP contribution is -2.39. The molecule has 0 atom stereocenters. The van der Waals surface area contributed by atoms with E-state index < -0.39 is 5.82 Å². The molecule has 0 bridgehead atoms. The van der Waals surface area contributed by atoms with Gasteiger partial charge in [0.1, 0.15) is 5.82 Å². The Kier molecular flexibility index (Phi) is 7.41. The van der Waals surface area contributed by atoms with E-state index in [1.807, 2.05) is 0 Å². The summed E-state index contributed by atoms with van der Waals surface area (Å²) in [6, 6.07) is 6.12. The molecule has 138 valence electrons. The third kappa shape index (κ3) is 6.15. The summed E-state index contributed by atoms with van der Waals surface area (Å²) in [4.78, 5) is 26.0. The third-order valence-electron chi connectivity index (χ3n) is 4.83. The average molecular weight is 348 g/mol. The van der Waals surface area contributed by atoms with E-state index in [0.29, 0.717) is 31.3 Å². The first-order valence-corrected chi connectivity index (χ1v) is 9.28. The molecule has 2 amide bonds. The molecule has 1 aliphatic heterocycles. The molecule has 1 aromatic rings. The Morgan fingerprint density at radius 3 is 2.56 bits per heavy atom. The summed E-state index contributed by atoms with van der Waals surface area (Å²) < 4.78 is 13.7. The largest absolute Gasteiger partial charge is 0.356 e. The maximum Gasteiger partial charge on any atom is 0.256 e. The Balaban J connectivity index is 1.70. The van der Waals surface area contributed by atoms with Crippen molar-refractivity contribution in [3.05, 3.63) is 35.6 Å². The molecule has 0 aromatic heterocycles. The van der Waals surface area contributed by atoms with Crippen LogP contribution in [0.15, 0.2) is 24.3 Å². The molecule has 25 heavy (non-hydrogen) atoms. The minimum atomic E-state index is -0.465. The molecule has 0 spiro atoms. The van der Waals surface area contributed by atoms with Gasteiger partial charge in [-0.1, -0.05) is 26.0 Å². The van der Waals surface area contributed by atoms with Crippen LogP contribution in [0.1, 0.15) is 56.3 Å². The Morgan fingerprint density at radius 1 is 1.24 bits per heavy atom. The summed E-state index contributed by atoms with van der Waals surface area (Å²) in [6.45, 7) is 6.29. The van der Waals surface area contributed by atoms with Crippen LogP contribution in [0.4, 0.5) is 4.39 Å². The number of likely N-dealkylation sites (tertiary alicyclic amines) is 1. The Hall–Kier alpha value is -1.91. The Labute approximate surface area is 149 Å². The van der Waals surface area contributed by atoms with E-state index in [2.05, 4.69) is 19.2 Å². The minimum Gasteiger partial charge on any atom is -0.356 e. The second-order valence-electron chi connectivity index (χ2n) is 7.29. The van der Waals surface area contributed by atoms with E-state index in [9.17, 15) is 14.0 Å². The van der Waals surface area contributed by atoms with Gasteiger partial charge in [-0.05, 0) is 49.7 Å². The number of halogens is 1. The number of nitrogens with one attached hydrogen (secondary N) is 1. The first kappa shape index (κ1) is 19.4. The molecule has 2 rings (SSSR count). The number of nitrogens with zero attached hydrogens (tertiary/aromatic N) is 1. The first-order valence-electron chi connectivity index (χ1n) is 9.28. The molecule has 5 heteroatoms. The van der Waals surface area contributed by atoms with Gasteiger partial charge in [0.15, 0.2) is 0 Å². The second-order valence-corrected chi connectivity index (χ2v) is 7.29. The zero-order valence-electron chi connectivity index (χ0n) is 15.3. The maximum atomic E-state index is 13.7. The molecular weight excluding hydrogens is 319 g/mol. The molecular formula is C20H29FN2O2. The highest BCUT2D eigenvalue weighted by Gasteiger charge is 2.25. The van der Waals surface area contributed by atoms with Crippen LogP contribution < -0.4 is 5.32 Å². The van der Waals surface area contributed by atoms with Crippen molar-refractivity contribution in [2.45, 2.75) is 46.0 Å². The van der Waals surface area contributed by atoms with Gasteiger partial charge < -0.3 is 10.2 Å². The lowest BCUT2D eigenvalue weighted by atomic mass is 9.91. The quantitative estimate of drug-likeness (QED) is 0.818. The summed E-state index contributed by atoms with van der Waals surface area (Å²) in [5.41, 5.74) is 0.144. The molecule has 0 aliphatic carbocycles. The predicted molar refractivity (Wildman–Crippen MR) is 96.7 cm³/mol. The Morgan fingerprint density at radius 2 is 1.92 bits per heavy atom. The van der Waals surface area contributed by atoms with E-state index in [1.165, 1.54) is 12.1 Å². The molecule has 1 N–H and O–H groups in total. The van der Waals surface area contributed by atoms with Crippen molar-refractivity contribution in [2.24, 2.45) is 11.8 Å². The lowest BCUT2D eigenvalue weighted by Gasteiger charge is -2.32. The smallest absolute Gasteiger partial charge is 0.256 e. The van der Waals surface area contributed by atoms with Crippen molar-refractivity contribution in [2.75, 3.05) is 19.6 Å². The molecule has 0 unspecified atom stereocenters. The van der Waals surface area contributed by atoms with Crippen LogP contribution in [0.2, 0.25) is 0 Å². The second kappa shape index (κ2) is 9.54. The summed E-state index contributed by atoms with van der Waals surface area (Å²) in [6.07, 6.45) is 4.15. The van der Waals surface area contributed by atoms with Gasteiger partial charge in [-0.2, -0.15) is 0 Å². The highest BCUT2D eigenvalue weighted by atomic mass is 19.1. The average Bonchev–Trinajstić information content (AvgIpc) is 2.60. The van der Waals surface area contributed by atoms with Gasteiger partial charge in [0, 0.05) is 26.1 Å². The predicted octanol–water partition coefficient (Wildman–Crippen LogP) is 3.62. The van der Waals surface area contributed by atoms with E-state index in [1.54, 1.807) is 17.0 Å². The highest BCUT2D eigenvalue weighted by Crippen LogP contribution is 2.23. The summed E-state index contributed by atoms with van der Waals surface area (Å²) in [7, 11) is 0. The number of hydrogen-bond acceptors (Lipinski definition) is 2. The van der Waals surface area contributed by atoms with E-state index >= 15 is 0 Å². The molecule has 1 aliphatic rings. The number of piperidine rings is 1. The van der Waals surface area contributed by atoms with E-state index in [0.717, 1.165) is 32.2 Å². The minimum absolute atomic E-state index is 0.116. The van der Waals surface area contributed by atoms with Gasteiger partial charge in [-0.25, -0.2) is 4.39 Å². The monoisotopic (exact) mass is 348 g/mol. The van der Waals surface area contributed by atoms with Gasteiger partial charge in [0.25, 0.3) is 5.91 Å². The summed E-state index contributed by atoms with van der Waals surface area (Å²) in [5, 5.41) is 2.96. The summed E-state index contributed by atoms with van der Waals surface area (Å²) >= 11 is 0.